The SMILES string of the molecule is O=C(O)c1ccc(S(=O)Cc2ccc(F)cc2Cl)cc1. The fraction of sp³-hybridized carbons (Fsp3) is 0.0714. The van der Waals surface area contributed by atoms with Crippen molar-refractivity contribution in [1.82, 2.24) is 0 Å². The van der Waals surface area contributed by atoms with Crippen LogP contribution < -0.4 is 0 Å². The second-order valence-electron chi connectivity index (χ2n) is 4.06. The summed E-state index contributed by atoms with van der Waals surface area (Å²) in [5.41, 5.74) is 0.708. The molecule has 0 saturated carbocycles. The lowest BCUT2D eigenvalue weighted by atomic mass is 10.2. The van der Waals surface area contributed by atoms with Crippen LogP contribution in [0.2, 0.25) is 5.02 Å². The van der Waals surface area contributed by atoms with Crippen LogP contribution in [0.3, 0.4) is 0 Å². The zero-order valence-electron chi connectivity index (χ0n) is 10.2. The van der Waals surface area contributed by atoms with Crippen LogP contribution >= 0.6 is 11.6 Å². The summed E-state index contributed by atoms with van der Waals surface area (Å²) in [6.45, 7) is 0. The average molecular weight is 313 g/mol. The fourth-order valence-electron chi connectivity index (χ4n) is 1.61. The minimum atomic E-state index is -1.37. The van der Waals surface area contributed by atoms with E-state index in [1.807, 2.05) is 0 Å². The number of aromatic carboxylic acids is 1. The lowest BCUT2D eigenvalue weighted by Gasteiger charge is -2.05. The summed E-state index contributed by atoms with van der Waals surface area (Å²) in [6.07, 6.45) is 0. The molecule has 0 bridgehead atoms. The highest BCUT2D eigenvalue weighted by atomic mass is 35.5. The van der Waals surface area contributed by atoms with Crippen LogP contribution in [-0.4, -0.2) is 15.3 Å². The van der Waals surface area contributed by atoms with E-state index in [1.54, 1.807) is 0 Å². The van der Waals surface area contributed by atoms with Crippen molar-refractivity contribution in [1.29, 1.82) is 0 Å². The second kappa shape index (κ2) is 6.15. The van der Waals surface area contributed by atoms with E-state index in [9.17, 15) is 13.4 Å². The summed E-state index contributed by atoms with van der Waals surface area (Å²) in [7, 11) is -1.37. The molecule has 2 aromatic carbocycles. The topological polar surface area (TPSA) is 54.4 Å². The molecular weight excluding hydrogens is 303 g/mol. The molecule has 0 aromatic heterocycles. The van der Waals surface area contributed by atoms with Gasteiger partial charge in [0.2, 0.25) is 0 Å². The number of carboxylic acid groups (broad SMARTS) is 1. The molecule has 20 heavy (non-hydrogen) atoms. The van der Waals surface area contributed by atoms with E-state index in [1.165, 1.54) is 42.5 Å². The van der Waals surface area contributed by atoms with Crippen LogP contribution in [0, 0.1) is 5.82 Å². The van der Waals surface area contributed by atoms with Gasteiger partial charge in [0.15, 0.2) is 0 Å². The largest absolute Gasteiger partial charge is 0.478 e. The first-order chi connectivity index (χ1) is 9.47. The monoisotopic (exact) mass is 312 g/mol. The fourth-order valence-corrected chi connectivity index (χ4v) is 3.07. The minimum absolute atomic E-state index is 0.130. The van der Waals surface area contributed by atoms with E-state index >= 15 is 0 Å². The van der Waals surface area contributed by atoms with E-state index in [4.69, 9.17) is 16.7 Å². The quantitative estimate of drug-likeness (QED) is 0.940. The van der Waals surface area contributed by atoms with Crippen molar-refractivity contribution >= 4 is 28.4 Å². The van der Waals surface area contributed by atoms with Crippen LogP contribution in [0.4, 0.5) is 4.39 Å². The van der Waals surface area contributed by atoms with Crippen molar-refractivity contribution < 1.29 is 18.5 Å². The molecule has 1 N–H and O–H groups in total. The third kappa shape index (κ3) is 3.43. The molecule has 2 aromatic rings. The van der Waals surface area contributed by atoms with Gasteiger partial charge in [-0.05, 0) is 42.0 Å². The van der Waals surface area contributed by atoms with Crippen molar-refractivity contribution in [3.8, 4) is 0 Å². The van der Waals surface area contributed by atoms with E-state index in [0.29, 0.717) is 10.5 Å². The van der Waals surface area contributed by atoms with Gasteiger partial charge < -0.3 is 5.11 Å². The number of hydrogen-bond acceptors (Lipinski definition) is 2. The standard InChI is InChI=1S/C14H10ClFO3S/c15-13-7-11(16)4-1-10(13)8-20(19)12-5-2-9(3-6-12)14(17)18/h1-7H,8H2,(H,17,18). The molecule has 2 rings (SSSR count). The van der Waals surface area contributed by atoms with Gasteiger partial charge in [-0.1, -0.05) is 17.7 Å². The Morgan fingerprint density at radius 2 is 1.85 bits per heavy atom. The zero-order valence-corrected chi connectivity index (χ0v) is 11.7. The minimum Gasteiger partial charge on any atom is -0.478 e. The maximum Gasteiger partial charge on any atom is 0.335 e. The van der Waals surface area contributed by atoms with Crippen LogP contribution in [0.1, 0.15) is 15.9 Å². The number of benzene rings is 2. The third-order valence-corrected chi connectivity index (χ3v) is 4.39. The first-order valence-electron chi connectivity index (χ1n) is 5.63. The maximum atomic E-state index is 12.9. The van der Waals surface area contributed by atoms with Gasteiger partial charge in [0.25, 0.3) is 0 Å². The van der Waals surface area contributed by atoms with E-state index < -0.39 is 22.6 Å². The number of rotatable bonds is 4. The Bertz CT molecular complexity index is 671. The molecule has 0 spiro atoms. The second-order valence-corrected chi connectivity index (χ2v) is 5.91. The van der Waals surface area contributed by atoms with Gasteiger partial charge in [-0.25, -0.2) is 9.18 Å². The molecule has 6 heteroatoms. The third-order valence-electron chi connectivity index (χ3n) is 2.67. The predicted molar refractivity (Wildman–Crippen MR) is 74.9 cm³/mol. The molecule has 0 aliphatic carbocycles. The molecule has 3 nitrogen and oxygen atoms in total. The van der Waals surface area contributed by atoms with Crippen LogP contribution in [0.5, 0.6) is 0 Å². The first-order valence-corrected chi connectivity index (χ1v) is 7.33. The number of hydrogen-bond donors (Lipinski definition) is 1. The van der Waals surface area contributed by atoms with E-state index in [2.05, 4.69) is 0 Å². The van der Waals surface area contributed by atoms with Gasteiger partial charge in [0.05, 0.1) is 22.1 Å². The first kappa shape index (κ1) is 14.7. The molecule has 0 amide bonds. The summed E-state index contributed by atoms with van der Waals surface area (Å²) < 4.78 is 25.1. The Hall–Kier alpha value is -1.72. The summed E-state index contributed by atoms with van der Waals surface area (Å²) in [5.74, 6) is -1.34. The lowest BCUT2D eigenvalue weighted by molar-refractivity contribution is 0.0697. The average Bonchev–Trinajstić information content (AvgIpc) is 2.42. The molecule has 0 aliphatic rings. The number of halogens is 2. The van der Waals surface area contributed by atoms with E-state index in [0.717, 1.165) is 0 Å². The number of carbonyl (C=O) groups is 1. The summed E-state index contributed by atoms with van der Waals surface area (Å²) in [4.78, 5) is 11.2. The van der Waals surface area contributed by atoms with Crippen molar-refractivity contribution in [2.45, 2.75) is 10.6 Å². The van der Waals surface area contributed by atoms with Crippen LogP contribution in [-0.2, 0) is 16.6 Å². The molecule has 0 aliphatic heterocycles. The molecule has 104 valence electrons. The zero-order chi connectivity index (χ0) is 14.7. The number of carboxylic acids is 1. The summed E-state index contributed by atoms with van der Waals surface area (Å²) in [5, 5.41) is 9.01. The van der Waals surface area contributed by atoms with Crippen LogP contribution in [0.25, 0.3) is 0 Å². The van der Waals surface area contributed by atoms with Gasteiger partial charge in [-0.2, -0.15) is 0 Å². The van der Waals surface area contributed by atoms with Gasteiger partial charge >= 0.3 is 5.97 Å². The van der Waals surface area contributed by atoms with E-state index in [-0.39, 0.29) is 16.3 Å². The highest BCUT2D eigenvalue weighted by molar-refractivity contribution is 7.84. The van der Waals surface area contributed by atoms with Crippen molar-refractivity contribution in [3.05, 3.63) is 64.4 Å². The Kier molecular flexibility index (Phi) is 4.52. The Morgan fingerprint density at radius 1 is 1.20 bits per heavy atom. The van der Waals surface area contributed by atoms with Crippen molar-refractivity contribution in [3.63, 3.8) is 0 Å². The predicted octanol–water partition coefficient (Wildman–Crippen LogP) is 3.49. The molecule has 0 radical (unpaired) electrons. The Morgan fingerprint density at radius 3 is 2.40 bits per heavy atom. The molecule has 0 heterocycles. The molecule has 1 unspecified atom stereocenters. The highest BCUT2D eigenvalue weighted by Crippen LogP contribution is 2.21. The normalized spacial score (nSPS) is 12.1. The maximum absolute atomic E-state index is 12.9. The van der Waals surface area contributed by atoms with Gasteiger partial charge in [-0.15, -0.1) is 0 Å². The lowest BCUT2D eigenvalue weighted by Crippen LogP contribution is -2.00. The van der Waals surface area contributed by atoms with Gasteiger partial charge in [0, 0.05) is 9.92 Å². The van der Waals surface area contributed by atoms with Crippen molar-refractivity contribution in [2.75, 3.05) is 0 Å². The van der Waals surface area contributed by atoms with Crippen molar-refractivity contribution in [2.24, 2.45) is 0 Å². The smallest absolute Gasteiger partial charge is 0.335 e. The molecule has 0 saturated heterocycles. The Labute approximate surface area is 122 Å². The van der Waals surface area contributed by atoms with Crippen LogP contribution in [0.15, 0.2) is 47.4 Å². The molecule has 0 fully saturated rings. The molecular formula is C14H10ClFO3S. The summed E-state index contributed by atoms with van der Waals surface area (Å²) in [6, 6.07) is 9.69. The van der Waals surface area contributed by atoms with Gasteiger partial charge in [0.1, 0.15) is 5.82 Å². The Balaban J connectivity index is 2.17. The molecule has 1 atom stereocenters. The highest BCUT2D eigenvalue weighted by Gasteiger charge is 2.10. The summed E-state index contributed by atoms with van der Waals surface area (Å²) >= 11 is 5.88. The van der Waals surface area contributed by atoms with Gasteiger partial charge in [-0.3, -0.25) is 4.21 Å².